The molecule has 1 saturated heterocycles. The van der Waals surface area contributed by atoms with E-state index in [1.165, 1.54) is 12.0 Å². The molecule has 0 saturated carbocycles. The van der Waals surface area contributed by atoms with Gasteiger partial charge in [-0.15, -0.1) is 0 Å². The van der Waals surface area contributed by atoms with Crippen molar-refractivity contribution in [2.75, 3.05) is 19.0 Å². The maximum atomic E-state index is 13.3. The van der Waals surface area contributed by atoms with Gasteiger partial charge in [-0.3, -0.25) is 5.32 Å². The molecular weight excluding hydrogens is 428 g/mol. The maximum Gasteiger partial charge on any atom is 0.419 e. The van der Waals surface area contributed by atoms with Gasteiger partial charge in [-0.2, -0.15) is 26.3 Å². The van der Waals surface area contributed by atoms with Crippen molar-refractivity contribution in [2.24, 2.45) is 0 Å². The second-order valence-electron chi connectivity index (χ2n) is 7.07. The molecule has 3 rings (SSSR count). The molecular formula is C20H19F6N3O2. The normalized spacial score (nSPS) is 17.0. The summed E-state index contributed by atoms with van der Waals surface area (Å²) >= 11 is 0. The third-order valence-corrected chi connectivity index (χ3v) is 5.16. The van der Waals surface area contributed by atoms with E-state index in [1.807, 2.05) is 12.2 Å². The molecule has 11 heteroatoms. The number of alkyl halides is 6. The van der Waals surface area contributed by atoms with Gasteiger partial charge in [-0.1, -0.05) is 12.1 Å². The number of methoxy groups -OCH3 is 1. The summed E-state index contributed by atoms with van der Waals surface area (Å²) in [6.07, 6.45) is -8.68. The highest BCUT2D eigenvalue weighted by Crippen LogP contribution is 2.40. The van der Waals surface area contributed by atoms with E-state index in [-0.39, 0.29) is 18.8 Å². The first-order valence-electron chi connectivity index (χ1n) is 9.29. The standard InChI is InChI=1S/C20H19F6N3O2/c1-11-13(5-3-7-16(11)31-2)15-6-4-8-29(15)18(30)28-17-14(20(24,25)26)9-12(10-27-17)19(21,22)23/h3,5,7,9-10,15H,4,6,8H2,1-2H3,(H,27,28,30)/t15-/m0/s1. The number of hydrogen-bond donors (Lipinski definition) is 1. The third kappa shape index (κ3) is 4.70. The van der Waals surface area contributed by atoms with Crippen LogP contribution in [0, 0.1) is 6.92 Å². The fourth-order valence-corrected chi connectivity index (χ4v) is 3.66. The first-order valence-corrected chi connectivity index (χ1v) is 9.29. The molecule has 0 aliphatic carbocycles. The van der Waals surface area contributed by atoms with Gasteiger partial charge in [0.05, 0.1) is 24.3 Å². The van der Waals surface area contributed by atoms with Crippen LogP contribution in [0.5, 0.6) is 5.75 Å². The Kier molecular flexibility index (Phi) is 6.06. The lowest BCUT2D eigenvalue weighted by Gasteiger charge is -2.27. The topological polar surface area (TPSA) is 54.5 Å². The summed E-state index contributed by atoms with van der Waals surface area (Å²) in [6, 6.07) is 3.94. The average molecular weight is 447 g/mol. The number of anilines is 1. The van der Waals surface area contributed by atoms with Crippen LogP contribution in [0.4, 0.5) is 37.0 Å². The number of carbonyl (C=O) groups is 1. The molecule has 0 unspecified atom stereocenters. The summed E-state index contributed by atoms with van der Waals surface area (Å²) in [7, 11) is 1.50. The number of halogens is 6. The maximum absolute atomic E-state index is 13.3. The number of aromatic nitrogens is 1. The van der Waals surface area contributed by atoms with Gasteiger partial charge in [-0.25, -0.2) is 9.78 Å². The second kappa shape index (κ2) is 8.27. The van der Waals surface area contributed by atoms with Crippen LogP contribution in [0.25, 0.3) is 0 Å². The Bertz CT molecular complexity index is 974. The van der Waals surface area contributed by atoms with Gasteiger partial charge in [0.1, 0.15) is 11.6 Å². The van der Waals surface area contributed by atoms with E-state index in [2.05, 4.69) is 4.98 Å². The Hall–Kier alpha value is -2.98. The first kappa shape index (κ1) is 22.7. The molecule has 1 aromatic heterocycles. The predicted octanol–water partition coefficient (Wildman–Crippen LogP) is 5.81. The van der Waals surface area contributed by atoms with Crippen molar-refractivity contribution in [3.05, 3.63) is 52.7 Å². The largest absolute Gasteiger partial charge is 0.496 e. The highest BCUT2D eigenvalue weighted by atomic mass is 19.4. The minimum Gasteiger partial charge on any atom is -0.496 e. The summed E-state index contributed by atoms with van der Waals surface area (Å²) in [5.41, 5.74) is -1.64. The van der Waals surface area contributed by atoms with Crippen molar-refractivity contribution in [2.45, 2.75) is 38.2 Å². The van der Waals surface area contributed by atoms with E-state index in [0.717, 1.165) is 11.1 Å². The number of ether oxygens (including phenoxy) is 1. The highest BCUT2D eigenvalue weighted by Gasteiger charge is 2.40. The first-order chi connectivity index (χ1) is 14.4. The van der Waals surface area contributed by atoms with Gasteiger partial charge in [0.25, 0.3) is 0 Å². The number of pyridine rings is 1. The Morgan fingerprint density at radius 1 is 1.19 bits per heavy atom. The lowest BCUT2D eigenvalue weighted by atomic mass is 9.98. The molecule has 1 aliphatic heterocycles. The molecule has 168 valence electrons. The molecule has 1 atom stereocenters. The van der Waals surface area contributed by atoms with Crippen LogP contribution in [0.15, 0.2) is 30.5 Å². The molecule has 1 fully saturated rings. The number of rotatable bonds is 3. The Balaban J connectivity index is 1.91. The van der Waals surface area contributed by atoms with Crippen LogP contribution in [0.1, 0.15) is 41.1 Å². The van der Waals surface area contributed by atoms with Gasteiger partial charge in [0.15, 0.2) is 0 Å². The summed E-state index contributed by atoms with van der Waals surface area (Å²) < 4.78 is 83.8. The van der Waals surface area contributed by atoms with E-state index in [4.69, 9.17) is 4.74 Å². The Morgan fingerprint density at radius 2 is 1.90 bits per heavy atom. The Morgan fingerprint density at radius 3 is 2.52 bits per heavy atom. The summed E-state index contributed by atoms with van der Waals surface area (Å²) in [4.78, 5) is 17.4. The van der Waals surface area contributed by atoms with Crippen molar-refractivity contribution in [3.8, 4) is 5.75 Å². The van der Waals surface area contributed by atoms with Crippen LogP contribution >= 0.6 is 0 Å². The number of nitrogens with one attached hydrogen (secondary N) is 1. The highest BCUT2D eigenvalue weighted by molar-refractivity contribution is 5.89. The van der Waals surface area contributed by atoms with Crippen molar-refractivity contribution >= 4 is 11.8 Å². The van der Waals surface area contributed by atoms with Crippen LogP contribution in [0.3, 0.4) is 0 Å². The minimum atomic E-state index is -5.13. The molecule has 0 radical (unpaired) electrons. The fraction of sp³-hybridized carbons (Fsp3) is 0.400. The number of amides is 2. The van der Waals surface area contributed by atoms with E-state index in [0.29, 0.717) is 18.6 Å². The van der Waals surface area contributed by atoms with Crippen molar-refractivity contribution < 1.29 is 35.9 Å². The molecule has 5 nitrogen and oxygen atoms in total. The monoisotopic (exact) mass is 447 g/mol. The van der Waals surface area contributed by atoms with Crippen LogP contribution in [0.2, 0.25) is 0 Å². The van der Waals surface area contributed by atoms with E-state index >= 15 is 0 Å². The molecule has 1 aliphatic rings. The fourth-order valence-electron chi connectivity index (χ4n) is 3.66. The van der Waals surface area contributed by atoms with E-state index in [1.54, 1.807) is 18.2 Å². The van der Waals surface area contributed by atoms with Crippen LogP contribution in [-0.2, 0) is 12.4 Å². The van der Waals surface area contributed by atoms with Gasteiger partial charge < -0.3 is 9.64 Å². The number of nitrogens with zero attached hydrogens (tertiary/aromatic N) is 2. The minimum absolute atomic E-state index is 0.0592. The van der Waals surface area contributed by atoms with E-state index < -0.39 is 41.4 Å². The van der Waals surface area contributed by atoms with Gasteiger partial charge >= 0.3 is 18.4 Å². The smallest absolute Gasteiger partial charge is 0.419 e. The number of likely N-dealkylation sites (tertiary alicyclic amines) is 1. The molecule has 2 aromatic rings. The zero-order valence-corrected chi connectivity index (χ0v) is 16.6. The Labute approximate surface area is 174 Å². The van der Waals surface area contributed by atoms with Crippen molar-refractivity contribution in [1.29, 1.82) is 0 Å². The molecule has 1 N–H and O–H groups in total. The van der Waals surface area contributed by atoms with Crippen LogP contribution in [-0.4, -0.2) is 29.6 Å². The zero-order valence-electron chi connectivity index (χ0n) is 16.6. The second-order valence-corrected chi connectivity index (χ2v) is 7.07. The predicted molar refractivity (Wildman–Crippen MR) is 99.7 cm³/mol. The number of hydrogen-bond acceptors (Lipinski definition) is 3. The summed E-state index contributed by atoms with van der Waals surface area (Å²) in [5, 5.41) is 2.04. The van der Waals surface area contributed by atoms with Crippen LogP contribution < -0.4 is 10.1 Å². The van der Waals surface area contributed by atoms with Gasteiger partial charge in [0, 0.05) is 12.7 Å². The number of carbonyl (C=O) groups excluding carboxylic acids is 1. The van der Waals surface area contributed by atoms with Crippen molar-refractivity contribution in [3.63, 3.8) is 0 Å². The molecule has 2 heterocycles. The molecule has 31 heavy (non-hydrogen) atoms. The summed E-state index contributed by atoms with van der Waals surface area (Å²) in [6.45, 7) is 2.08. The number of urea groups is 1. The van der Waals surface area contributed by atoms with Gasteiger partial charge in [0.2, 0.25) is 0 Å². The average Bonchev–Trinajstić information content (AvgIpc) is 3.16. The molecule has 0 bridgehead atoms. The number of benzene rings is 1. The van der Waals surface area contributed by atoms with E-state index in [9.17, 15) is 31.1 Å². The lowest BCUT2D eigenvalue weighted by molar-refractivity contribution is -0.143. The molecule has 0 spiro atoms. The SMILES string of the molecule is COc1cccc([C@@H]2CCCN2C(=O)Nc2ncc(C(F)(F)F)cc2C(F)(F)F)c1C. The van der Waals surface area contributed by atoms with Gasteiger partial charge in [-0.05, 0) is 43.0 Å². The van der Waals surface area contributed by atoms with Crippen molar-refractivity contribution in [1.82, 2.24) is 9.88 Å². The zero-order chi connectivity index (χ0) is 23.0. The molecule has 2 amide bonds. The third-order valence-electron chi connectivity index (χ3n) is 5.16. The summed E-state index contributed by atoms with van der Waals surface area (Å²) in [5.74, 6) is -0.368. The lowest BCUT2D eigenvalue weighted by Crippen LogP contribution is -2.35. The quantitative estimate of drug-likeness (QED) is 0.605. The molecule has 1 aromatic carbocycles.